The third kappa shape index (κ3) is 1.79. The second kappa shape index (κ2) is 4.21. The second-order valence-electron chi connectivity index (χ2n) is 4.65. The van der Waals surface area contributed by atoms with E-state index in [0.717, 1.165) is 16.5 Å². The molecule has 0 aliphatic heterocycles. The Hall–Kier alpha value is -3.08. The highest BCUT2D eigenvalue weighted by Gasteiger charge is 2.15. The van der Waals surface area contributed by atoms with Gasteiger partial charge in [-0.25, -0.2) is 9.78 Å². The molecule has 102 valence electrons. The number of fused-ring (bicyclic) bond motifs is 2. The highest BCUT2D eigenvalue weighted by Crippen LogP contribution is 2.32. The van der Waals surface area contributed by atoms with E-state index >= 15 is 0 Å². The second-order valence-corrected chi connectivity index (χ2v) is 4.65. The van der Waals surface area contributed by atoms with Gasteiger partial charge in [0.1, 0.15) is 17.4 Å². The summed E-state index contributed by atoms with van der Waals surface area (Å²) in [6.07, 6.45) is 1.59. The first-order valence-corrected chi connectivity index (χ1v) is 6.33. The molecular weight excluding hydrogens is 270 g/mol. The van der Waals surface area contributed by atoms with Crippen molar-refractivity contribution in [2.75, 3.05) is 0 Å². The number of oxazole rings is 1. The van der Waals surface area contributed by atoms with Crippen molar-refractivity contribution in [2.45, 2.75) is 0 Å². The highest BCUT2D eigenvalue weighted by atomic mass is 16.4. The molecule has 5 heteroatoms. The van der Waals surface area contributed by atoms with E-state index in [9.17, 15) is 4.79 Å². The standard InChI is InChI=1S/C16H9NO4/c18-16(19)9-5-6-12-14(7-9)21-15(17-12)11-8-20-13-4-2-1-3-10(11)13/h1-8H,(H,18,19). The Bertz CT molecular complexity index is 980. The zero-order valence-corrected chi connectivity index (χ0v) is 10.7. The fraction of sp³-hybridized carbons (Fsp3) is 0. The molecule has 4 aromatic rings. The van der Waals surface area contributed by atoms with E-state index in [4.69, 9.17) is 13.9 Å². The molecule has 0 amide bonds. The molecule has 2 aromatic heterocycles. The van der Waals surface area contributed by atoms with Crippen LogP contribution in [0.2, 0.25) is 0 Å². The summed E-state index contributed by atoms with van der Waals surface area (Å²) in [5, 5.41) is 9.90. The van der Waals surface area contributed by atoms with Gasteiger partial charge in [-0.15, -0.1) is 0 Å². The van der Waals surface area contributed by atoms with E-state index in [1.165, 1.54) is 12.1 Å². The monoisotopic (exact) mass is 279 g/mol. The largest absolute Gasteiger partial charge is 0.478 e. The van der Waals surface area contributed by atoms with Crippen LogP contribution >= 0.6 is 0 Å². The predicted octanol–water partition coefficient (Wildman–Crippen LogP) is 3.94. The van der Waals surface area contributed by atoms with Crippen LogP contribution in [0.4, 0.5) is 0 Å². The highest BCUT2D eigenvalue weighted by molar-refractivity contribution is 5.94. The average molecular weight is 279 g/mol. The van der Waals surface area contributed by atoms with Gasteiger partial charge in [-0.1, -0.05) is 18.2 Å². The summed E-state index contributed by atoms with van der Waals surface area (Å²) >= 11 is 0. The Morgan fingerprint density at radius 3 is 2.81 bits per heavy atom. The molecule has 0 bridgehead atoms. The first kappa shape index (κ1) is 11.7. The zero-order valence-electron chi connectivity index (χ0n) is 10.7. The van der Waals surface area contributed by atoms with Crippen LogP contribution in [-0.2, 0) is 0 Å². The topological polar surface area (TPSA) is 76.5 Å². The number of hydrogen-bond donors (Lipinski definition) is 1. The molecule has 0 fully saturated rings. The molecule has 0 unspecified atom stereocenters. The number of furan rings is 1. The minimum absolute atomic E-state index is 0.169. The number of hydrogen-bond acceptors (Lipinski definition) is 4. The lowest BCUT2D eigenvalue weighted by Crippen LogP contribution is -1.94. The zero-order chi connectivity index (χ0) is 14.4. The van der Waals surface area contributed by atoms with Gasteiger partial charge >= 0.3 is 5.97 Å². The van der Waals surface area contributed by atoms with Gasteiger partial charge in [-0.3, -0.25) is 0 Å². The molecule has 2 heterocycles. The summed E-state index contributed by atoms with van der Waals surface area (Å²) in [5.74, 6) is -0.582. The Morgan fingerprint density at radius 2 is 1.95 bits per heavy atom. The third-order valence-electron chi connectivity index (χ3n) is 3.35. The van der Waals surface area contributed by atoms with Gasteiger partial charge < -0.3 is 13.9 Å². The van der Waals surface area contributed by atoms with E-state index in [-0.39, 0.29) is 5.56 Å². The van der Waals surface area contributed by atoms with Crippen molar-refractivity contribution in [3.63, 3.8) is 0 Å². The van der Waals surface area contributed by atoms with Crippen molar-refractivity contribution in [3.8, 4) is 11.5 Å². The normalized spacial score (nSPS) is 11.2. The summed E-state index contributed by atoms with van der Waals surface area (Å²) in [6, 6.07) is 12.2. The van der Waals surface area contributed by atoms with Crippen LogP contribution in [0.25, 0.3) is 33.5 Å². The van der Waals surface area contributed by atoms with Crippen LogP contribution < -0.4 is 0 Å². The smallest absolute Gasteiger partial charge is 0.335 e. The molecule has 21 heavy (non-hydrogen) atoms. The number of para-hydroxylation sites is 1. The van der Waals surface area contributed by atoms with Crippen LogP contribution in [-0.4, -0.2) is 16.1 Å². The molecule has 0 aliphatic carbocycles. The minimum Gasteiger partial charge on any atom is -0.478 e. The maximum atomic E-state index is 11.0. The molecule has 0 aliphatic rings. The van der Waals surface area contributed by atoms with Crippen molar-refractivity contribution in [2.24, 2.45) is 0 Å². The lowest BCUT2D eigenvalue weighted by molar-refractivity contribution is 0.0697. The van der Waals surface area contributed by atoms with Crippen LogP contribution in [0.1, 0.15) is 10.4 Å². The van der Waals surface area contributed by atoms with Crippen LogP contribution in [0, 0.1) is 0 Å². The van der Waals surface area contributed by atoms with Crippen molar-refractivity contribution in [1.82, 2.24) is 4.98 Å². The Morgan fingerprint density at radius 1 is 1.10 bits per heavy atom. The fourth-order valence-corrected chi connectivity index (χ4v) is 2.32. The number of aromatic nitrogens is 1. The molecule has 0 saturated heterocycles. The van der Waals surface area contributed by atoms with E-state index in [0.29, 0.717) is 17.0 Å². The maximum Gasteiger partial charge on any atom is 0.335 e. The van der Waals surface area contributed by atoms with Gasteiger partial charge in [-0.05, 0) is 24.3 Å². The first-order chi connectivity index (χ1) is 10.2. The van der Waals surface area contributed by atoms with Gasteiger partial charge in [0.15, 0.2) is 5.58 Å². The Labute approximate surface area is 118 Å². The third-order valence-corrected chi connectivity index (χ3v) is 3.35. The lowest BCUT2D eigenvalue weighted by atomic mass is 10.2. The average Bonchev–Trinajstić information content (AvgIpc) is 3.09. The van der Waals surface area contributed by atoms with Crippen LogP contribution in [0.5, 0.6) is 0 Å². The van der Waals surface area contributed by atoms with Crippen molar-refractivity contribution in [3.05, 3.63) is 54.3 Å². The number of rotatable bonds is 2. The summed E-state index contributed by atoms with van der Waals surface area (Å²) < 4.78 is 11.1. The van der Waals surface area contributed by atoms with E-state index in [2.05, 4.69) is 4.98 Å². The molecule has 5 nitrogen and oxygen atoms in total. The number of benzene rings is 2. The Balaban J connectivity index is 1.92. The van der Waals surface area contributed by atoms with E-state index in [1.54, 1.807) is 12.3 Å². The van der Waals surface area contributed by atoms with Crippen molar-refractivity contribution in [1.29, 1.82) is 0 Å². The fourth-order valence-electron chi connectivity index (χ4n) is 2.32. The molecule has 4 rings (SSSR count). The summed E-state index contributed by atoms with van der Waals surface area (Å²) in [4.78, 5) is 15.4. The lowest BCUT2D eigenvalue weighted by Gasteiger charge is -1.91. The number of carboxylic acids is 1. The van der Waals surface area contributed by atoms with Crippen LogP contribution in [0.15, 0.2) is 57.6 Å². The quantitative estimate of drug-likeness (QED) is 0.601. The van der Waals surface area contributed by atoms with E-state index < -0.39 is 5.97 Å². The summed E-state index contributed by atoms with van der Waals surface area (Å²) in [6.45, 7) is 0. The summed E-state index contributed by atoms with van der Waals surface area (Å²) in [5.41, 5.74) is 2.72. The number of carboxylic acid groups (broad SMARTS) is 1. The molecule has 2 aromatic carbocycles. The number of aromatic carboxylic acids is 1. The molecule has 0 atom stereocenters. The van der Waals surface area contributed by atoms with Gasteiger partial charge in [0.05, 0.1) is 11.1 Å². The minimum atomic E-state index is -0.997. The predicted molar refractivity (Wildman–Crippen MR) is 76.2 cm³/mol. The summed E-state index contributed by atoms with van der Waals surface area (Å²) in [7, 11) is 0. The Kier molecular flexibility index (Phi) is 2.35. The van der Waals surface area contributed by atoms with Gasteiger partial charge in [0, 0.05) is 5.39 Å². The molecule has 1 N–H and O–H groups in total. The van der Waals surface area contributed by atoms with Gasteiger partial charge in [0.2, 0.25) is 5.89 Å². The van der Waals surface area contributed by atoms with E-state index in [1.807, 2.05) is 24.3 Å². The van der Waals surface area contributed by atoms with Crippen molar-refractivity contribution < 1.29 is 18.7 Å². The SMILES string of the molecule is O=C(O)c1ccc2nc(-c3coc4ccccc34)oc2c1. The van der Waals surface area contributed by atoms with Gasteiger partial charge in [0.25, 0.3) is 0 Å². The number of nitrogens with zero attached hydrogens (tertiary/aromatic N) is 1. The van der Waals surface area contributed by atoms with Crippen molar-refractivity contribution >= 4 is 28.0 Å². The first-order valence-electron chi connectivity index (χ1n) is 6.33. The van der Waals surface area contributed by atoms with Gasteiger partial charge in [-0.2, -0.15) is 0 Å². The molecule has 0 spiro atoms. The van der Waals surface area contributed by atoms with Crippen LogP contribution in [0.3, 0.4) is 0 Å². The molecular formula is C16H9NO4. The molecule has 0 radical (unpaired) electrons. The molecule has 0 saturated carbocycles. The maximum absolute atomic E-state index is 11.0. The number of carbonyl (C=O) groups is 1.